The van der Waals surface area contributed by atoms with E-state index in [0.717, 1.165) is 26.1 Å². The standard InChI is InChI=1S/C16H13FOS/c1-10-2-4-11(5-3-10)16(18)15-9-12-8-13(17)6-7-14(12)19-15/h2-9,16,18H,1H3. The zero-order valence-electron chi connectivity index (χ0n) is 10.4. The molecule has 0 aliphatic rings. The van der Waals surface area contributed by atoms with Crippen LogP contribution in [0.2, 0.25) is 0 Å². The van der Waals surface area contributed by atoms with Gasteiger partial charge in [0, 0.05) is 9.58 Å². The topological polar surface area (TPSA) is 20.2 Å². The maximum atomic E-state index is 13.2. The van der Waals surface area contributed by atoms with Crippen molar-refractivity contribution in [1.29, 1.82) is 0 Å². The van der Waals surface area contributed by atoms with Gasteiger partial charge in [-0.2, -0.15) is 0 Å². The van der Waals surface area contributed by atoms with Crippen LogP contribution in [0.25, 0.3) is 10.1 Å². The molecule has 1 heterocycles. The first-order valence-electron chi connectivity index (χ1n) is 6.07. The molecule has 0 radical (unpaired) electrons. The summed E-state index contributed by atoms with van der Waals surface area (Å²) in [6, 6.07) is 14.3. The van der Waals surface area contributed by atoms with E-state index in [9.17, 15) is 9.50 Å². The van der Waals surface area contributed by atoms with Gasteiger partial charge in [-0.05, 0) is 42.1 Å². The zero-order valence-corrected chi connectivity index (χ0v) is 11.2. The molecule has 2 aromatic carbocycles. The lowest BCUT2D eigenvalue weighted by Crippen LogP contribution is -1.96. The second kappa shape index (κ2) is 4.76. The van der Waals surface area contributed by atoms with Crippen molar-refractivity contribution in [1.82, 2.24) is 0 Å². The first-order valence-corrected chi connectivity index (χ1v) is 6.89. The summed E-state index contributed by atoms with van der Waals surface area (Å²) in [5.74, 6) is -0.248. The minimum absolute atomic E-state index is 0.248. The summed E-state index contributed by atoms with van der Waals surface area (Å²) >= 11 is 1.50. The van der Waals surface area contributed by atoms with Gasteiger partial charge < -0.3 is 5.11 Å². The van der Waals surface area contributed by atoms with Crippen molar-refractivity contribution < 1.29 is 9.50 Å². The fraction of sp³-hybridized carbons (Fsp3) is 0.125. The van der Waals surface area contributed by atoms with Crippen LogP contribution in [-0.4, -0.2) is 5.11 Å². The number of fused-ring (bicyclic) bond motifs is 1. The predicted molar refractivity (Wildman–Crippen MR) is 77.0 cm³/mol. The third kappa shape index (κ3) is 2.39. The van der Waals surface area contributed by atoms with Crippen molar-refractivity contribution in [3.63, 3.8) is 0 Å². The Morgan fingerprint density at radius 2 is 1.79 bits per heavy atom. The summed E-state index contributed by atoms with van der Waals surface area (Å²) in [6.45, 7) is 2.01. The molecule has 0 saturated carbocycles. The van der Waals surface area contributed by atoms with Gasteiger partial charge >= 0.3 is 0 Å². The summed E-state index contributed by atoms with van der Waals surface area (Å²) in [5.41, 5.74) is 2.02. The zero-order chi connectivity index (χ0) is 13.4. The molecule has 0 saturated heterocycles. The first kappa shape index (κ1) is 12.3. The normalized spacial score (nSPS) is 12.8. The maximum absolute atomic E-state index is 13.2. The fourth-order valence-corrected chi connectivity index (χ4v) is 3.14. The third-order valence-electron chi connectivity index (χ3n) is 3.16. The van der Waals surface area contributed by atoms with Crippen molar-refractivity contribution in [3.05, 3.63) is 70.4 Å². The number of thiophene rings is 1. The Labute approximate surface area is 115 Å². The van der Waals surface area contributed by atoms with Gasteiger partial charge in [-0.15, -0.1) is 11.3 Å². The largest absolute Gasteiger partial charge is 0.383 e. The Balaban J connectivity index is 2.01. The van der Waals surface area contributed by atoms with Crippen LogP contribution in [-0.2, 0) is 0 Å². The second-order valence-corrected chi connectivity index (χ2v) is 5.76. The van der Waals surface area contributed by atoms with Gasteiger partial charge in [-0.3, -0.25) is 0 Å². The molecule has 3 heteroatoms. The smallest absolute Gasteiger partial charge is 0.123 e. The molecule has 1 unspecified atom stereocenters. The molecule has 1 atom stereocenters. The minimum atomic E-state index is -0.652. The van der Waals surface area contributed by atoms with E-state index in [1.807, 2.05) is 37.3 Å². The second-order valence-electron chi connectivity index (χ2n) is 4.64. The highest BCUT2D eigenvalue weighted by molar-refractivity contribution is 7.19. The number of benzene rings is 2. The highest BCUT2D eigenvalue weighted by atomic mass is 32.1. The number of aryl methyl sites for hydroxylation is 1. The van der Waals surface area contributed by atoms with E-state index in [1.165, 1.54) is 23.5 Å². The van der Waals surface area contributed by atoms with E-state index in [1.54, 1.807) is 6.07 Å². The van der Waals surface area contributed by atoms with Crippen LogP contribution in [0.5, 0.6) is 0 Å². The van der Waals surface area contributed by atoms with Crippen LogP contribution in [0, 0.1) is 12.7 Å². The molecule has 1 N–H and O–H groups in total. The Morgan fingerprint density at radius 3 is 2.53 bits per heavy atom. The average molecular weight is 272 g/mol. The van der Waals surface area contributed by atoms with Gasteiger partial charge in [-0.1, -0.05) is 29.8 Å². The van der Waals surface area contributed by atoms with Crippen LogP contribution in [0.15, 0.2) is 48.5 Å². The summed E-state index contributed by atoms with van der Waals surface area (Å²) < 4.78 is 14.1. The van der Waals surface area contributed by atoms with Crippen LogP contribution in [0.1, 0.15) is 22.1 Å². The molecule has 0 spiro atoms. The van der Waals surface area contributed by atoms with Crippen LogP contribution >= 0.6 is 11.3 Å². The highest BCUT2D eigenvalue weighted by Gasteiger charge is 2.13. The Morgan fingerprint density at radius 1 is 1.05 bits per heavy atom. The number of aliphatic hydroxyl groups is 1. The molecule has 0 amide bonds. The Kier molecular flexibility index (Phi) is 3.09. The summed E-state index contributed by atoms with van der Waals surface area (Å²) in [4.78, 5) is 0.837. The molecule has 1 nitrogen and oxygen atoms in total. The Hall–Kier alpha value is -1.71. The minimum Gasteiger partial charge on any atom is -0.383 e. The summed E-state index contributed by atoms with van der Waals surface area (Å²) in [6.07, 6.45) is -0.652. The van der Waals surface area contributed by atoms with Gasteiger partial charge in [0.1, 0.15) is 11.9 Å². The van der Waals surface area contributed by atoms with E-state index >= 15 is 0 Å². The monoisotopic (exact) mass is 272 g/mol. The molecule has 0 aliphatic heterocycles. The lowest BCUT2D eigenvalue weighted by molar-refractivity contribution is 0.224. The van der Waals surface area contributed by atoms with Gasteiger partial charge in [-0.25, -0.2) is 4.39 Å². The van der Waals surface area contributed by atoms with Crippen LogP contribution < -0.4 is 0 Å². The first-order chi connectivity index (χ1) is 9.13. The molecular weight excluding hydrogens is 259 g/mol. The number of hydrogen-bond acceptors (Lipinski definition) is 2. The quantitative estimate of drug-likeness (QED) is 0.731. The molecule has 1 aromatic heterocycles. The molecule has 3 rings (SSSR count). The van der Waals surface area contributed by atoms with E-state index in [-0.39, 0.29) is 5.82 Å². The lowest BCUT2D eigenvalue weighted by Gasteiger charge is -2.08. The number of aliphatic hydroxyl groups excluding tert-OH is 1. The summed E-state index contributed by atoms with van der Waals surface area (Å²) in [5, 5.41) is 11.2. The van der Waals surface area contributed by atoms with E-state index in [0.29, 0.717) is 0 Å². The van der Waals surface area contributed by atoms with Crippen molar-refractivity contribution in [2.45, 2.75) is 13.0 Å². The number of rotatable bonds is 2. The maximum Gasteiger partial charge on any atom is 0.123 e. The third-order valence-corrected chi connectivity index (χ3v) is 4.33. The van der Waals surface area contributed by atoms with Crippen molar-refractivity contribution in [2.75, 3.05) is 0 Å². The molecular formula is C16H13FOS. The van der Waals surface area contributed by atoms with Gasteiger partial charge in [0.2, 0.25) is 0 Å². The van der Waals surface area contributed by atoms with Crippen LogP contribution in [0.4, 0.5) is 4.39 Å². The average Bonchev–Trinajstić information content (AvgIpc) is 2.81. The lowest BCUT2D eigenvalue weighted by atomic mass is 10.1. The fourth-order valence-electron chi connectivity index (χ4n) is 2.08. The number of halogens is 1. The molecule has 19 heavy (non-hydrogen) atoms. The van der Waals surface area contributed by atoms with Crippen molar-refractivity contribution >= 4 is 21.4 Å². The van der Waals surface area contributed by atoms with Gasteiger partial charge in [0.05, 0.1) is 0 Å². The predicted octanol–water partition coefficient (Wildman–Crippen LogP) is 4.43. The molecule has 0 aliphatic carbocycles. The molecule has 3 aromatic rings. The van der Waals surface area contributed by atoms with E-state index in [4.69, 9.17) is 0 Å². The molecule has 0 bridgehead atoms. The van der Waals surface area contributed by atoms with Crippen LogP contribution in [0.3, 0.4) is 0 Å². The molecule has 96 valence electrons. The molecule has 0 fully saturated rings. The van der Waals surface area contributed by atoms with Gasteiger partial charge in [0.25, 0.3) is 0 Å². The van der Waals surface area contributed by atoms with Crippen molar-refractivity contribution in [2.24, 2.45) is 0 Å². The SMILES string of the molecule is Cc1ccc(C(O)c2cc3cc(F)ccc3s2)cc1. The van der Waals surface area contributed by atoms with Gasteiger partial charge in [0.15, 0.2) is 0 Å². The number of hydrogen-bond donors (Lipinski definition) is 1. The van der Waals surface area contributed by atoms with Crippen molar-refractivity contribution in [3.8, 4) is 0 Å². The van der Waals surface area contributed by atoms with E-state index < -0.39 is 6.10 Å². The van der Waals surface area contributed by atoms with E-state index in [2.05, 4.69) is 0 Å². The Bertz CT molecular complexity index is 715. The summed E-state index contributed by atoms with van der Waals surface area (Å²) in [7, 11) is 0. The highest BCUT2D eigenvalue weighted by Crippen LogP contribution is 2.33.